The highest BCUT2D eigenvalue weighted by atomic mass is 19.3. The van der Waals surface area contributed by atoms with E-state index in [-0.39, 0.29) is 13.1 Å². The fourth-order valence-corrected chi connectivity index (χ4v) is 1.74. The molecule has 0 bridgehead atoms. The summed E-state index contributed by atoms with van der Waals surface area (Å²) < 4.78 is 26.9. The lowest BCUT2D eigenvalue weighted by Gasteiger charge is -2.31. The molecular weight excluding hydrogens is 238 g/mol. The molecule has 0 radical (unpaired) electrons. The molecule has 0 aromatic carbocycles. The summed E-state index contributed by atoms with van der Waals surface area (Å²) in [6.07, 6.45) is 3.62. The molecule has 2 heterocycles. The third-order valence-corrected chi connectivity index (χ3v) is 2.70. The number of anilines is 1. The monoisotopic (exact) mass is 258 g/mol. The quantitative estimate of drug-likeness (QED) is 0.872. The first-order valence-corrected chi connectivity index (χ1v) is 6.28. The number of rotatable bonds is 3. The highest BCUT2D eigenvalue weighted by Gasteiger charge is 2.41. The molecule has 0 spiro atoms. The average molecular weight is 258 g/mol. The molecule has 1 aromatic heterocycles. The molecule has 2 rings (SSSR count). The van der Waals surface area contributed by atoms with Crippen LogP contribution < -0.4 is 10.6 Å². The molecule has 0 saturated carbocycles. The van der Waals surface area contributed by atoms with Gasteiger partial charge in [-0.25, -0.2) is 18.7 Å². The Kier molecular flexibility index (Phi) is 5.91. The minimum atomic E-state index is -2.65. The highest BCUT2D eigenvalue weighted by molar-refractivity contribution is 5.22. The van der Waals surface area contributed by atoms with Gasteiger partial charge in [0.1, 0.15) is 0 Å². The van der Waals surface area contributed by atoms with Gasteiger partial charge in [0.05, 0.1) is 6.54 Å². The van der Waals surface area contributed by atoms with Crippen molar-refractivity contribution in [3.8, 4) is 0 Å². The number of halogens is 2. The lowest BCUT2D eigenvalue weighted by molar-refractivity contribution is -0.0678. The second-order valence-corrected chi connectivity index (χ2v) is 3.88. The molecule has 1 saturated heterocycles. The fourth-order valence-electron chi connectivity index (χ4n) is 1.74. The maximum atomic E-state index is 13.4. The maximum absolute atomic E-state index is 13.4. The van der Waals surface area contributed by atoms with Crippen LogP contribution >= 0.6 is 0 Å². The van der Waals surface area contributed by atoms with Gasteiger partial charge < -0.3 is 10.6 Å². The van der Waals surface area contributed by atoms with Gasteiger partial charge >= 0.3 is 0 Å². The van der Waals surface area contributed by atoms with Gasteiger partial charge in [0.15, 0.2) is 0 Å². The Bertz CT molecular complexity index is 332. The predicted octanol–water partition coefficient (Wildman–Crippen LogP) is 2.16. The molecule has 18 heavy (non-hydrogen) atoms. The van der Waals surface area contributed by atoms with Crippen molar-refractivity contribution in [3.63, 3.8) is 0 Å². The molecule has 1 atom stereocenters. The minimum absolute atomic E-state index is 0.207. The summed E-state index contributed by atoms with van der Waals surface area (Å²) in [4.78, 5) is 7.86. The van der Waals surface area contributed by atoms with Gasteiger partial charge in [0.25, 0.3) is 5.92 Å². The fraction of sp³-hybridized carbons (Fsp3) is 0.667. The Labute approximate surface area is 106 Å². The molecule has 1 aromatic rings. The molecule has 4 nitrogen and oxygen atoms in total. The Morgan fingerprint density at radius 1 is 1.39 bits per heavy atom. The van der Waals surface area contributed by atoms with Crippen LogP contribution in [0.25, 0.3) is 0 Å². The number of hydrogen-bond donors (Lipinski definition) is 2. The number of piperidine rings is 1. The first-order valence-electron chi connectivity index (χ1n) is 6.28. The number of alkyl halides is 2. The van der Waals surface area contributed by atoms with E-state index < -0.39 is 11.8 Å². The van der Waals surface area contributed by atoms with Gasteiger partial charge in [-0.15, -0.1) is 0 Å². The summed E-state index contributed by atoms with van der Waals surface area (Å²) in [7, 11) is 0. The van der Waals surface area contributed by atoms with Crippen LogP contribution in [-0.2, 0) is 0 Å². The van der Waals surface area contributed by atoms with Gasteiger partial charge in [-0.05, 0) is 19.0 Å². The summed E-state index contributed by atoms with van der Waals surface area (Å²) in [5, 5.41) is 5.53. The van der Waals surface area contributed by atoms with Crippen LogP contribution in [0, 0.1) is 5.92 Å². The van der Waals surface area contributed by atoms with Crippen LogP contribution in [0.4, 0.5) is 14.7 Å². The zero-order valence-corrected chi connectivity index (χ0v) is 10.8. The molecular formula is C12H20F2N4. The zero-order chi connectivity index (χ0) is 13.4. The van der Waals surface area contributed by atoms with Crippen molar-refractivity contribution in [2.24, 2.45) is 5.92 Å². The van der Waals surface area contributed by atoms with Crippen LogP contribution in [0.15, 0.2) is 18.5 Å². The summed E-state index contributed by atoms with van der Waals surface area (Å²) >= 11 is 0. The largest absolute Gasteiger partial charge is 0.354 e. The van der Waals surface area contributed by atoms with Gasteiger partial charge in [-0.1, -0.05) is 13.8 Å². The van der Waals surface area contributed by atoms with Gasteiger partial charge in [-0.2, -0.15) is 0 Å². The van der Waals surface area contributed by atoms with E-state index in [0.717, 1.165) is 0 Å². The summed E-state index contributed by atoms with van der Waals surface area (Å²) in [5.74, 6) is -2.91. The van der Waals surface area contributed by atoms with Gasteiger partial charge in [-0.3, -0.25) is 0 Å². The smallest absolute Gasteiger partial charge is 0.264 e. The highest BCUT2D eigenvalue weighted by Crippen LogP contribution is 2.29. The van der Waals surface area contributed by atoms with Crippen LogP contribution in [0.5, 0.6) is 0 Å². The number of nitrogens with one attached hydrogen (secondary N) is 2. The van der Waals surface area contributed by atoms with E-state index in [2.05, 4.69) is 20.6 Å². The minimum Gasteiger partial charge on any atom is -0.354 e. The van der Waals surface area contributed by atoms with Crippen LogP contribution in [-0.4, -0.2) is 35.5 Å². The van der Waals surface area contributed by atoms with Crippen molar-refractivity contribution in [1.82, 2.24) is 15.3 Å². The molecule has 0 aliphatic carbocycles. The van der Waals surface area contributed by atoms with E-state index in [1.165, 1.54) is 0 Å². The standard InChI is InChI=1S/C10H14F2N4.C2H6/c11-10(12)7-13-5-2-8(10)6-16-9-14-3-1-4-15-9;1-2/h1,3-4,8,13H,2,5-7H2,(H,14,15,16);1-2H3/t8-;/m0./s1. The lowest BCUT2D eigenvalue weighted by atomic mass is 9.94. The van der Waals surface area contributed by atoms with Gasteiger partial charge in [0.2, 0.25) is 5.95 Å². The molecule has 0 amide bonds. The van der Waals surface area contributed by atoms with Crippen molar-refractivity contribution in [2.45, 2.75) is 26.2 Å². The third-order valence-electron chi connectivity index (χ3n) is 2.70. The molecule has 1 fully saturated rings. The normalized spacial score (nSPS) is 21.7. The molecule has 0 unspecified atom stereocenters. The zero-order valence-electron chi connectivity index (χ0n) is 10.8. The van der Waals surface area contributed by atoms with Crippen molar-refractivity contribution in [1.29, 1.82) is 0 Å². The third kappa shape index (κ3) is 4.18. The first kappa shape index (κ1) is 14.8. The first-order chi connectivity index (χ1) is 8.68. The Morgan fingerprint density at radius 2 is 2.06 bits per heavy atom. The van der Waals surface area contributed by atoms with Crippen molar-refractivity contribution >= 4 is 5.95 Å². The maximum Gasteiger partial charge on any atom is 0.264 e. The SMILES string of the molecule is CC.FC1(F)CNCC[C@H]1CNc1ncccn1. The van der Waals surface area contributed by atoms with E-state index in [9.17, 15) is 8.78 Å². The van der Waals surface area contributed by atoms with Crippen LogP contribution in [0.3, 0.4) is 0 Å². The van der Waals surface area contributed by atoms with E-state index in [4.69, 9.17) is 0 Å². The number of hydrogen-bond acceptors (Lipinski definition) is 4. The van der Waals surface area contributed by atoms with E-state index in [0.29, 0.717) is 18.9 Å². The van der Waals surface area contributed by atoms with E-state index in [1.54, 1.807) is 18.5 Å². The van der Waals surface area contributed by atoms with Crippen molar-refractivity contribution in [2.75, 3.05) is 25.0 Å². The predicted molar refractivity (Wildman–Crippen MR) is 67.8 cm³/mol. The van der Waals surface area contributed by atoms with Crippen molar-refractivity contribution < 1.29 is 8.78 Å². The Balaban J connectivity index is 0.000000771. The molecule has 1 aliphatic heterocycles. The number of aromatic nitrogens is 2. The van der Waals surface area contributed by atoms with Crippen LogP contribution in [0.2, 0.25) is 0 Å². The molecule has 1 aliphatic rings. The molecule has 2 N–H and O–H groups in total. The number of nitrogens with zero attached hydrogens (tertiary/aromatic N) is 2. The second kappa shape index (κ2) is 7.20. The molecule has 102 valence electrons. The summed E-state index contributed by atoms with van der Waals surface area (Å²) in [6.45, 7) is 4.60. The summed E-state index contributed by atoms with van der Waals surface area (Å²) in [6, 6.07) is 1.68. The molecule has 6 heteroatoms. The van der Waals surface area contributed by atoms with E-state index in [1.807, 2.05) is 13.8 Å². The summed E-state index contributed by atoms with van der Waals surface area (Å²) in [5.41, 5.74) is 0. The lowest BCUT2D eigenvalue weighted by Crippen LogP contribution is -2.48. The topological polar surface area (TPSA) is 49.8 Å². The van der Waals surface area contributed by atoms with Gasteiger partial charge in [0, 0.05) is 24.9 Å². The Hall–Kier alpha value is -1.30. The Morgan fingerprint density at radius 3 is 2.67 bits per heavy atom. The van der Waals surface area contributed by atoms with Crippen molar-refractivity contribution in [3.05, 3.63) is 18.5 Å². The second-order valence-electron chi connectivity index (χ2n) is 3.88. The van der Waals surface area contributed by atoms with Crippen LogP contribution in [0.1, 0.15) is 20.3 Å². The van der Waals surface area contributed by atoms with E-state index >= 15 is 0 Å². The average Bonchev–Trinajstić information content (AvgIpc) is 2.40.